The molecule has 2 N–H and O–H groups in total. The summed E-state index contributed by atoms with van der Waals surface area (Å²) in [6.45, 7) is 1.35. The van der Waals surface area contributed by atoms with Gasteiger partial charge in [-0.2, -0.15) is 0 Å². The number of ether oxygens (including phenoxy) is 1. The van der Waals surface area contributed by atoms with Gasteiger partial charge in [0.2, 0.25) is 10.0 Å². The number of benzene rings is 2. The molecule has 7 nitrogen and oxygen atoms in total. The van der Waals surface area contributed by atoms with Crippen LogP contribution < -0.4 is 10.0 Å². The third-order valence-electron chi connectivity index (χ3n) is 4.87. The second-order valence-corrected chi connectivity index (χ2v) is 9.67. The van der Waals surface area contributed by atoms with Crippen LogP contribution in [-0.4, -0.2) is 32.9 Å². The molecule has 0 bridgehead atoms. The van der Waals surface area contributed by atoms with E-state index in [0.29, 0.717) is 23.1 Å². The van der Waals surface area contributed by atoms with E-state index in [2.05, 4.69) is 0 Å². The maximum absolute atomic E-state index is 13.3. The van der Waals surface area contributed by atoms with E-state index in [0.717, 1.165) is 16.0 Å². The molecule has 0 fully saturated rings. The lowest BCUT2D eigenvalue weighted by Gasteiger charge is -2.22. The van der Waals surface area contributed by atoms with E-state index in [4.69, 9.17) is 9.88 Å². The molecule has 3 aromatic rings. The minimum Gasteiger partial charge on any atom is -0.451 e. The Kier molecular flexibility index (Phi) is 5.08. The van der Waals surface area contributed by atoms with Gasteiger partial charge in [0.1, 0.15) is 10.7 Å². The number of carbonyl (C=O) groups is 2. The number of sulfonamides is 1. The van der Waals surface area contributed by atoms with Crippen molar-refractivity contribution in [1.82, 2.24) is 0 Å². The molecular weight excluding hydrogens is 431 g/mol. The quantitative estimate of drug-likeness (QED) is 0.618. The van der Waals surface area contributed by atoms with Crippen molar-refractivity contribution in [2.24, 2.45) is 5.14 Å². The molecule has 2 aromatic carbocycles. The molecule has 0 spiro atoms. The van der Waals surface area contributed by atoms with E-state index in [1.54, 1.807) is 6.07 Å². The van der Waals surface area contributed by atoms with Crippen molar-refractivity contribution in [3.05, 3.63) is 58.7 Å². The molecule has 0 saturated carbocycles. The molecule has 10 heteroatoms. The Morgan fingerprint density at radius 1 is 1.23 bits per heavy atom. The minimum atomic E-state index is -3.84. The lowest BCUT2D eigenvalue weighted by Crippen LogP contribution is -2.38. The lowest BCUT2D eigenvalue weighted by molar-refractivity contribution is -0.122. The summed E-state index contributed by atoms with van der Waals surface area (Å²) >= 11 is 1.16. The number of esters is 1. The molecule has 1 atom stereocenters. The average Bonchev–Trinajstić information content (AvgIpc) is 3.24. The molecular formula is C20H17FN2O5S2. The normalized spacial score (nSPS) is 16.0. The SMILES string of the molecule is CC1Cc2cc(S(N)(=O)=O)ccc2N1C(=O)COC(=O)c1cc2cc(F)ccc2s1. The topological polar surface area (TPSA) is 107 Å². The number of anilines is 1. The van der Waals surface area contributed by atoms with Gasteiger partial charge in [-0.25, -0.2) is 22.7 Å². The molecule has 0 aliphatic carbocycles. The van der Waals surface area contributed by atoms with Crippen molar-refractivity contribution in [3.8, 4) is 0 Å². The first-order valence-electron chi connectivity index (χ1n) is 8.97. The van der Waals surface area contributed by atoms with Gasteiger partial charge in [0.25, 0.3) is 5.91 Å². The Hall–Kier alpha value is -2.82. The highest BCUT2D eigenvalue weighted by Gasteiger charge is 2.32. The van der Waals surface area contributed by atoms with Crippen molar-refractivity contribution in [1.29, 1.82) is 0 Å². The van der Waals surface area contributed by atoms with Gasteiger partial charge in [-0.3, -0.25) is 4.79 Å². The van der Waals surface area contributed by atoms with Crippen LogP contribution in [0.2, 0.25) is 0 Å². The van der Waals surface area contributed by atoms with Crippen LogP contribution in [0.4, 0.5) is 10.1 Å². The van der Waals surface area contributed by atoms with Crippen molar-refractivity contribution < 1.29 is 27.1 Å². The largest absolute Gasteiger partial charge is 0.451 e. The molecule has 30 heavy (non-hydrogen) atoms. The van der Waals surface area contributed by atoms with E-state index in [-0.39, 0.29) is 15.8 Å². The maximum Gasteiger partial charge on any atom is 0.348 e. The summed E-state index contributed by atoms with van der Waals surface area (Å²) in [6.07, 6.45) is 0.459. The Balaban J connectivity index is 1.48. The number of hydrogen-bond acceptors (Lipinski definition) is 6. The van der Waals surface area contributed by atoms with Crippen LogP contribution in [-0.2, 0) is 26.0 Å². The van der Waals surface area contributed by atoms with Gasteiger partial charge < -0.3 is 9.64 Å². The van der Waals surface area contributed by atoms with E-state index < -0.39 is 34.3 Å². The second kappa shape index (κ2) is 7.46. The number of nitrogens with two attached hydrogens (primary N) is 1. The molecule has 1 amide bonds. The first-order valence-corrected chi connectivity index (χ1v) is 11.3. The second-order valence-electron chi connectivity index (χ2n) is 7.02. The lowest BCUT2D eigenvalue weighted by atomic mass is 10.1. The molecule has 0 saturated heterocycles. The Bertz CT molecular complexity index is 1290. The maximum atomic E-state index is 13.3. The fourth-order valence-corrected chi connectivity index (χ4v) is 5.05. The summed E-state index contributed by atoms with van der Waals surface area (Å²) in [4.78, 5) is 26.8. The summed E-state index contributed by atoms with van der Waals surface area (Å²) in [5.74, 6) is -1.49. The average molecular weight is 448 g/mol. The molecule has 2 heterocycles. The summed E-state index contributed by atoms with van der Waals surface area (Å²) in [6, 6.07) is 9.84. The summed E-state index contributed by atoms with van der Waals surface area (Å²) in [5, 5.41) is 5.76. The molecule has 4 rings (SSSR count). The molecule has 1 unspecified atom stereocenters. The van der Waals surface area contributed by atoms with Crippen LogP contribution in [0.1, 0.15) is 22.2 Å². The van der Waals surface area contributed by atoms with Gasteiger partial charge >= 0.3 is 5.97 Å². The van der Waals surface area contributed by atoms with Gasteiger partial charge in [0, 0.05) is 16.4 Å². The highest BCUT2D eigenvalue weighted by Crippen LogP contribution is 2.34. The number of carbonyl (C=O) groups excluding carboxylic acids is 2. The third-order valence-corrected chi connectivity index (χ3v) is 6.88. The number of fused-ring (bicyclic) bond motifs is 2. The number of amides is 1. The summed E-state index contributed by atoms with van der Waals surface area (Å²) < 4.78 is 42.3. The molecule has 1 aliphatic heterocycles. The number of rotatable bonds is 4. The highest BCUT2D eigenvalue weighted by molar-refractivity contribution is 7.89. The van der Waals surface area contributed by atoms with E-state index in [1.807, 2.05) is 6.92 Å². The smallest absolute Gasteiger partial charge is 0.348 e. The number of thiophene rings is 1. The van der Waals surface area contributed by atoms with Crippen molar-refractivity contribution in [2.45, 2.75) is 24.3 Å². The van der Waals surface area contributed by atoms with Gasteiger partial charge in [-0.15, -0.1) is 11.3 Å². The van der Waals surface area contributed by atoms with Gasteiger partial charge in [-0.1, -0.05) is 0 Å². The van der Waals surface area contributed by atoms with Crippen molar-refractivity contribution >= 4 is 49.0 Å². The van der Waals surface area contributed by atoms with Gasteiger partial charge in [-0.05, 0) is 66.8 Å². The van der Waals surface area contributed by atoms with Crippen molar-refractivity contribution in [3.63, 3.8) is 0 Å². The molecule has 0 radical (unpaired) electrons. The van der Waals surface area contributed by atoms with Crippen LogP contribution in [0.15, 0.2) is 47.4 Å². The fraction of sp³-hybridized carbons (Fsp3) is 0.200. The van der Waals surface area contributed by atoms with E-state index >= 15 is 0 Å². The van der Waals surface area contributed by atoms with Crippen LogP contribution >= 0.6 is 11.3 Å². The van der Waals surface area contributed by atoms with E-state index in [1.165, 1.54) is 41.3 Å². The Labute approximate surface area is 175 Å². The van der Waals surface area contributed by atoms with Crippen LogP contribution in [0.25, 0.3) is 10.1 Å². The fourth-order valence-electron chi connectivity index (χ4n) is 3.55. The number of nitrogens with zero attached hydrogens (tertiary/aromatic N) is 1. The summed E-state index contributed by atoms with van der Waals surface area (Å²) in [7, 11) is -3.84. The number of primary sulfonamides is 1. The number of halogens is 1. The summed E-state index contributed by atoms with van der Waals surface area (Å²) in [5.41, 5.74) is 1.24. The monoisotopic (exact) mass is 448 g/mol. The third kappa shape index (κ3) is 3.81. The van der Waals surface area contributed by atoms with Crippen molar-refractivity contribution in [2.75, 3.05) is 11.5 Å². The number of hydrogen-bond donors (Lipinski definition) is 1. The first kappa shape index (κ1) is 20.5. The predicted molar refractivity (Wildman–Crippen MR) is 111 cm³/mol. The zero-order chi connectivity index (χ0) is 21.6. The van der Waals surface area contributed by atoms with E-state index in [9.17, 15) is 22.4 Å². The van der Waals surface area contributed by atoms with Gasteiger partial charge in [0.15, 0.2) is 6.61 Å². The molecule has 1 aromatic heterocycles. The zero-order valence-electron chi connectivity index (χ0n) is 15.8. The molecule has 1 aliphatic rings. The highest BCUT2D eigenvalue weighted by atomic mass is 32.2. The predicted octanol–water partition coefficient (Wildman–Crippen LogP) is 2.82. The molecule has 156 valence electrons. The zero-order valence-corrected chi connectivity index (χ0v) is 17.4. The van der Waals surface area contributed by atoms with Crippen LogP contribution in [0.3, 0.4) is 0 Å². The minimum absolute atomic E-state index is 0.0182. The first-order chi connectivity index (χ1) is 14.1. The van der Waals surface area contributed by atoms with Crippen LogP contribution in [0, 0.1) is 5.82 Å². The van der Waals surface area contributed by atoms with Gasteiger partial charge in [0.05, 0.1) is 4.90 Å². The Morgan fingerprint density at radius 2 is 2.00 bits per heavy atom. The van der Waals surface area contributed by atoms with Crippen LogP contribution in [0.5, 0.6) is 0 Å². The Morgan fingerprint density at radius 3 is 2.73 bits per heavy atom. The standard InChI is InChI=1S/C20H17FN2O5S2/c1-11-6-12-8-15(30(22,26)27)3-4-16(12)23(11)19(24)10-28-20(25)18-9-13-7-14(21)2-5-17(13)29-18/h2-5,7-9,11H,6,10H2,1H3,(H2,22,26,27).